The lowest BCUT2D eigenvalue weighted by atomic mass is 9.92. The normalized spacial score (nSPS) is 12.2. The quantitative estimate of drug-likeness (QED) is 0.308. The first-order chi connectivity index (χ1) is 7.97. The molecule has 17 heavy (non-hydrogen) atoms. The number of oxime groups is 1. The van der Waals surface area contributed by atoms with Gasteiger partial charge in [-0.2, -0.15) is 0 Å². The minimum atomic E-state index is -0.612. The Morgan fingerprint density at radius 2 is 2.29 bits per heavy atom. The van der Waals surface area contributed by atoms with E-state index in [0.29, 0.717) is 5.69 Å². The van der Waals surface area contributed by atoms with Gasteiger partial charge >= 0.3 is 0 Å². The highest BCUT2D eigenvalue weighted by Gasteiger charge is 2.24. The van der Waals surface area contributed by atoms with E-state index in [1.165, 1.54) is 0 Å². The van der Waals surface area contributed by atoms with Gasteiger partial charge in [-0.1, -0.05) is 25.1 Å². The monoisotopic (exact) mass is 236 g/mol. The summed E-state index contributed by atoms with van der Waals surface area (Å²) in [5, 5.41) is 14.2. The Morgan fingerprint density at radius 3 is 2.82 bits per heavy atom. The Morgan fingerprint density at radius 1 is 1.59 bits per heavy atom. The zero-order valence-corrected chi connectivity index (χ0v) is 9.84. The van der Waals surface area contributed by atoms with Crippen LogP contribution in [0.2, 0.25) is 0 Å². The van der Waals surface area contributed by atoms with Crippen LogP contribution in [0.15, 0.2) is 29.6 Å². The third-order valence-electron chi connectivity index (χ3n) is 2.39. The van der Waals surface area contributed by atoms with Crippen molar-refractivity contribution in [3.05, 3.63) is 30.1 Å². The van der Waals surface area contributed by atoms with Gasteiger partial charge < -0.3 is 16.3 Å². The van der Waals surface area contributed by atoms with E-state index >= 15 is 0 Å². The molecule has 1 rings (SSSR count). The first kappa shape index (κ1) is 13.0. The van der Waals surface area contributed by atoms with Crippen molar-refractivity contribution in [3.63, 3.8) is 0 Å². The van der Waals surface area contributed by atoms with Gasteiger partial charge in [0.05, 0.1) is 0 Å². The van der Waals surface area contributed by atoms with Crippen LogP contribution in [0, 0.1) is 5.41 Å². The highest BCUT2D eigenvalue weighted by Crippen LogP contribution is 2.13. The van der Waals surface area contributed by atoms with Crippen LogP contribution in [0.25, 0.3) is 0 Å². The van der Waals surface area contributed by atoms with Crippen LogP contribution in [-0.2, 0) is 0 Å². The molecule has 0 unspecified atom stereocenters. The molecule has 1 amide bonds. The molecule has 0 fully saturated rings. The molecular formula is C11H16N4O2. The fourth-order valence-corrected chi connectivity index (χ4v) is 1.11. The number of nitrogens with one attached hydrogen (secondary N) is 1. The van der Waals surface area contributed by atoms with Gasteiger partial charge in [0.1, 0.15) is 11.5 Å². The molecule has 0 saturated carbocycles. The van der Waals surface area contributed by atoms with E-state index < -0.39 is 5.41 Å². The van der Waals surface area contributed by atoms with Crippen LogP contribution in [0.5, 0.6) is 0 Å². The average molecular weight is 236 g/mol. The summed E-state index contributed by atoms with van der Waals surface area (Å²) in [5.41, 5.74) is 5.23. The van der Waals surface area contributed by atoms with Crippen molar-refractivity contribution < 1.29 is 10.0 Å². The van der Waals surface area contributed by atoms with Crippen molar-refractivity contribution in [2.75, 3.05) is 6.54 Å². The lowest BCUT2D eigenvalue weighted by Gasteiger charge is -2.22. The number of carbonyl (C=O) groups is 1. The van der Waals surface area contributed by atoms with Crippen molar-refractivity contribution in [3.8, 4) is 0 Å². The van der Waals surface area contributed by atoms with Crippen LogP contribution in [0.3, 0.4) is 0 Å². The van der Waals surface area contributed by atoms with Gasteiger partial charge in [0, 0.05) is 18.2 Å². The molecule has 4 N–H and O–H groups in total. The van der Waals surface area contributed by atoms with Crippen molar-refractivity contribution >= 4 is 11.7 Å². The SMILES string of the molecule is CC(C)(CNC(=O)c1ccccn1)/C(N)=N/O. The number of nitrogens with two attached hydrogens (primary N) is 1. The second-order valence-electron chi connectivity index (χ2n) is 4.27. The Labute approximate surface area is 99.5 Å². The second-order valence-corrected chi connectivity index (χ2v) is 4.27. The zero-order valence-electron chi connectivity index (χ0n) is 9.84. The number of rotatable bonds is 4. The molecule has 0 radical (unpaired) electrons. The van der Waals surface area contributed by atoms with Gasteiger partial charge in [0.25, 0.3) is 5.91 Å². The van der Waals surface area contributed by atoms with E-state index in [-0.39, 0.29) is 18.3 Å². The van der Waals surface area contributed by atoms with Crippen LogP contribution in [0.4, 0.5) is 0 Å². The summed E-state index contributed by atoms with van der Waals surface area (Å²) in [7, 11) is 0. The summed E-state index contributed by atoms with van der Waals surface area (Å²) < 4.78 is 0. The van der Waals surface area contributed by atoms with Crippen molar-refractivity contribution in [1.29, 1.82) is 0 Å². The fraction of sp³-hybridized carbons (Fsp3) is 0.364. The third-order valence-corrected chi connectivity index (χ3v) is 2.39. The number of hydrogen-bond acceptors (Lipinski definition) is 4. The van der Waals surface area contributed by atoms with Crippen LogP contribution in [-0.4, -0.2) is 28.5 Å². The largest absolute Gasteiger partial charge is 0.409 e. The fourth-order valence-electron chi connectivity index (χ4n) is 1.11. The topological polar surface area (TPSA) is 101 Å². The predicted molar refractivity (Wildman–Crippen MR) is 63.8 cm³/mol. The van der Waals surface area contributed by atoms with Gasteiger partial charge in [0.15, 0.2) is 0 Å². The van der Waals surface area contributed by atoms with E-state index in [9.17, 15) is 4.79 Å². The molecule has 1 heterocycles. The smallest absolute Gasteiger partial charge is 0.269 e. The van der Waals surface area contributed by atoms with Gasteiger partial charge in [-0.3, -0.25) is 9.78 Å². The molecule has 1 aromatic rings. The molecule has 92 valence electrons. The van der Waals surface area contributed by atoms with E-state index in [4.69, 9.17) is 10.9 Å². The van der Waals surface area contributed by atoms with E-state index in [2.05, 4.69) is 15.5 Å². The molecule has 0 aliphatic heterocycles. The number of amides is 1. The molecule has 0 saturated heterocycles. The number of hydrogen-bond donors (Lipinski definition) is 3. The van der Waals surface area contributed by atoms with E-state index in [0.717, 1.165) is 0 Å². The van der Waals surface area contributed by atoms with Crippen molar-refractivity contribution in [2.24, 2.45) is 16.3 Å². The number of pyridine rings is 1. The molecule has 0 aliphatic rings. The summed E-state index contributed by atoms with van der Waals surface area (Å²) in [4.78, 5) is 15.6. The Balaban J connectivity index is 2.61. The minimum absolute atomic E-state index is 0.0684. The molecule has 0 aliphatic carbocycles. The van der Waals surface area contributed by atoms with E-state index in [1.807, 2.05) is 0 Å². The lowest BCUT2D eigenvalue weighted by Crippen LogP contribution is -2.42. The minimum Gasteiger partial charge on any atom is -0.409 e. The van der Waals surface area contributed by atoms with Crippen molar-refractivity contribution in [1.82, 2.24) is 10.3 Å². The number of carbonyl (C=O) groups excluding carboxylic acids is 1. The summed E-state index contributed by atoms with van der Waals surface area (Å²) in [5.74, 6) is -0.219. The molecule has 0 bridgehead atoms. The third kappa shape index (κ3) is 3.44. The Kier molecular flexibility index (Phi) is 4.03. The molecule has 1 aromatic heterocycles. The zero-order chi connectivity index (χ0) is 12.9. The first-order valence-electron chi connectivity index (χ1n) is 5.14. The summed E-state index contributed by atoms with van der Waals surface area (Å²) in [6.07, 6.45) is 1.55. The maximum atomic E-state index is 11.7. The van der Waals surface area contributed by atoms with Crippen molar-refractivity contribution in [2.45, 2.75) is 13.8 Å². The predicted octanol–water partition coefficient (Wildman–Crippen LogP) is 0.584. The molecule has 6 heteroatoms. The van der Waals surface area contributed by atoms with Gasteiger partial charge in [-0.25, -0.2) is 0 Å². The van der Waals surface area contributed by atoms with E-state index in [1.54, 1.807) is 38.2 Å². The molecule has 6 nitrogen and oxygen atoms in total. The Bertz CT molecular complexity index is 415. The van der Waals surface area contributed by atoms with Gasteiger partial charge in [-0.15, -0.1) is 0 Å². The lowest BCUT2D eigenvalue weighted by molar-refractivity contribution is 0.0939. The molecule has 0 atom stereocenters. The first-order valence-corrected chi connectivity index (χ1v) is 5.14. The average Bonchev–Trinajstić information content (AvgIpc) is 2.36. The van der Waals surface area contributed by atoms with Crippen LogP contribution < -0.4 is 11.1 Å². The number of amidine groups is 1. The summed E-state index contributed by atoms with van der Waals surface area (Å²) >= 11 is 0. The van der Waals surface area contributed by atoms with Gasteiger partial charge in [-0.05, 0) is 12.1 Å². The molecule has 0 aromatic carbocycles. The molecular weight excluding hydrogens is 220 g/mol. The maximum Gasteiger partial charge on any atom is 0.269 e. The summed E-state index contributed by atoms with van der Waals surface area (Å²) in [6, 6.07) is 5.08. The number of nitrogens with zero attached hydrogens (tertiary/aromatic N) is 2. The molecule has 0 spiro atoms. The van der Waals surface area contributed by atoms with Crippen LogP contribution >= 0.6 is 0 Å². The second kappa shape index (κ2) is 5.29. The highest BCUT2D eigenvalue weighted by atomic mass is 16.4. The standard InChI is InChI=1S/C11H16N4O2/c1-11(2,10(12)15-17)7-14-9(16)8-5-3-4-6-13-8/h3-6,17H,7H2,1-2H3,(H2,12,15)(H,14,16). The summed E-state index contributed by atoms with van der Waals surface area (Å²) in [6.45, 7) is 3.79. The van der Waals surface area contributed by atoms with Gasteiger partial charge in [0.2, 0.25) is 0 Å². The Hall–Kier alpha value is -2.11. The van der Waals surface area contributed by atoms with Crippen LogP contribution in [0.1, 0.15) is 24.3 Å². The maximum absolute atomic E-state index is 11.7. The number of aromatic nitrogens is 1. The highest BCUT2D eigenvalue weighted by molar-refractivity contribution is 5.93.